The molecular formula is C11H13N5OS. The van der Waals surface area contributed by atoms with Gasteiger partial charge in [-0.25, -0.2) is 4.68 Å². The van der Waals surface area contributed by atoms with Crippen molar-refractivity contribution in [2.24, 2.45) is 0 Å². The highest BCUT2D eigenvalue weighted by Crippen LogP contribution is 2.09. The van der Waals surface area contributed by atoms with Crippen LogP contribution in [0.25, 0.3) is 5.69 Å². The molecule has 94 valence electrons. The van der Waals surface area contributed by atoms with Gasteiger partial charge in [0.1, 0.15) is 5.69 Å². The number of nitrogens with two attached hydrogens (primary N) is 1. The van der Waals surface area contributed by atoms with Crippen LogP contribution in [0.2, 0.25) is 0 Å². The molecule has 2 aromatic rings. The summed E-state index contributed by atoms with van der Waals surface area (Å²) in [6, 6.07) is 7.38. The minimum atomic E-state index is 0.331. The van der Waals surface area contributed by atoms with Crippen molar-refractivity contribution in [2.75, 3.05) is 12.8 Å². The van der Waals surface area contributed by atoms with E-state index >= 15 is 0 Å². The Kier molecular flexibility index (Phi) is 3.73. The summed E-state index contributed by atoms with van der Waals surface area (Å²) in [5.41, 5.74) is 8.01. The van der Waals surface area contributed by atoms with Gasteiger partial charge in [0, 0.05) is 5.69 Å². The van der Waals surface area contributed by atoms with Gasteiger partial charge in [-0.3, -0.25) is 0 Å². The van der Waals surface area contributed by atoms with Crippen LogP contribution in [0.15, 0.2) is 30.5 Å². The summed E-state index contributed by atoms with van der Waals surface area (Å²) in [5.74, 6) is 0. The highest BCUT2D eigenvalue weighted by molar-refractivity contribution is 7.80. The number of aromatic nitrogens is 3. The zero-order valence-electron chi connectivity index (χ0n) is 9.83. The first-order valence-corrected chi connectivity index (χ1v) is 5.69. The average Bonchev–Trinajstić information content (AvgIpc) is 2.85. The third kappa shape index (κ3) is 2.95. The molecule has 0 saturated heterocycles. The van der Waals surface area contributed by atoms with Gasteiger partial charge in [-0.05, 0) is 36.5 Å². The first kappa shape index (κ1) is 12.3. The minimum absolute atomic E-state index is 0.331. The Hall–Kier alpha value is -2.15. The zero-order valence-corrected chi connectivity index (χ0v) is 10.6. The van der Waals surface area contributed by atoms with Gasteiger partial charge in [-0.2, -0.15) is 0 Å². The molecule has 0 aliphatic rings. The van der Waals surface area contributed by atoms with Crippen molar-refractivity contribution < 1.29 is 4.74 Å². The number of ether oxygens (including phenoxy) is 1. The van der Waals surface area contributed by atoms with Crippen LogP contribution in [0.4, 0.5) is 5.69 Å². The number of nitrogen functional groups attached to an aromatic ring is 1. The standard InChI is InChI=1S/C11H13N5OS/c1-17-11(18)13-6-9-7-16(15-14-9)10-4-2-8(12)3-5-10/h2-5,7H,6,12H2,1H3,(H,13,18). The molecule has 0 amide bonds. The SMILES string of the molecule is COC(=S)NCc1cn(-c2ccc(N)cc2)nn1. The molecule has 0 aliphatic heterocycles. The topological polar surface area (TPSA) is 78.0 Å². The van der Waals surface area contributed by atoms with E-state index in [-0.39, 0.29) is 0 Å². The summed E-state index contributed by atoms with van der Waals surface area (Å²) < 4.78 is 6.50. The fourth-order valence-corrected chi connectivity index (χ4v) is 1.44. The number of nitrogens with zero attached hydrogens (tertiary/aromatic N) is 3. The molecule has 0 radical (unpaired) electrons. The van der Waals surface area contributed by atoms with Crippen molar-refractivity contribution in [3.8, 4) is 5.69 Å². The number of hydrogen-bond acceptors (Lipinski definition) is 5. The van der Waals surface area contributed by atoms with E-state index in [1.807, 2.05) is 30.5 Å². The molecule has 0 aliphatic carbocycles. The van der Waals surface area contributed by atoms with Crippen LogP contribution in [-0.4, -0.2) is 27.3 Å². The van der Waals surface area contributed by atoms with Crippen LogP contribution >= 0.6 is 12.2 Å². The quantitative estimate of drug-likeness (QED) is 0.632. The van der Waals surface area contributed by atoms with Crippen molar-refractivity contribution in [3.63, 3.8) is 0 Å². The van der Waals surface area contributed by atoms with Crippen LogP contribution < -0.4 is 11.1 Å². The first-order chi connectivity index (χ1) is 8.69. The van der Waals surface area contributed by atoms with E-state index in [1.54, 1.807) is 4.68 Å². The average molecular weight is 263 g/mol. The highest BCUT2D eigenvalue weighted by atomic mass is 32.1. The van der Waals surface area contributed by atoms with Crippen LogP contribution in [0, 0.1) is 0 Å². The van der Waals surface area contributed by atoms with Crippen LogP contribution in [0.1, 0.15) is 5.69 Å². The fourth-order valence-electron chi connectivity index (χ4n) is 1.37. The van der Waals surface area contributed by atoms with E-state index in [1.165, 1.54) is 7.11 Å². The molecule has 6 nitrogen and oxygen atoms in total. The number of benzene rings is 1. The first-order valence-electron chi connectivity index (χ1n) is 5.28. The number of anilines is 1. The Labute approximate surface area is 110 Å². The third-order valence-corrected chi connectivity index (χ3v) is 2.61. The number of hydrogen-bond donors (Lipinski definition) is 2. The highest BCUT2D eigenvalue weighted by Gasteiger charge is 2.03. The molecule has 0 unspecified atom stereocenters. The molecule has 1 aromatic carbocycles. The summed E-state index contributed by atoms with van der Waals surface area (Å²) >= 11 is 4.87. The molecule has 0 bridgehead atoms. The number of rotatable bonds is 3. The van der Waals surface area contributed by atoms with Gasteiger partial charge in [0.25, 0.3) is 5.17 Å². The van der Waals surface area contributed by atoms with E-state index < -0.39 is 0 Å². The minimum Gasteiger partial charge on any atom is -0.474 e. The van der Waals surface area contributed by atoms with E-state index in [2.05, 4.69) is 15.6 Å². The summed E-state index contributed by atoms with van der Waals surface area (Å²) in [7, 11) is 1.51. The van der Waals surface area contributed by atoms with Crippen molar-refractivity contribution in [2.45, 2.75) is 6.54 Å². The lowest BCUT2D eigenvalue weighted by Gasteiger charge is -2.02. The summed E-state index contributed by atoms with van der Waals surface area (Å²) in [6.45, 7) is 0.474. The van der Waals surface area contributed by atoms with Gasteiger partial charge in [0.15, 0.2) is 0 Å². The summed E-state index contributed by atoms with van der Waals surface area (Å²) in [5, 5.41) is 11.3. The lowest BCUT2D eigenvalue weighted by atomic mass is 10.3. The van der Waals surface area contributed by atoms with Crippen molar-refractivity contribution in [3.05, 3.63) is 36.2 Å². The maximum absolute atomic E-state index is 5.62. The van der Waals surface area contributed by atoms with E-state index in [9.17, 15) is 0 Å². The number of methoxy groups -OCH3 is 1. The normalized spacial score (nSPS) is 10.1. The molecule has 0 saturated carbocycles. The number of nitrogens with one attached hydrogen (secondary N) is 1. The van der Waals surface area contributed by atoms with Crippen LogP contribution in [0.3, 0.4) is 0 Å². The molecule has 1 heterocycles. The van der Waals surface area contributed by atoms with Gasteiger partial charge in [0.05, 0.1) is 25.5 Å². The Bertz CT molecular complexity index is 537. The monoisotopic (exact) mass is 263 g/mol. The van der Waals surface area contributed by atoms with Gasteiger partial charge >= 0.3 is 0 Å². The Morgan fingerprint density at radius 2 is 2.17 bits per heavy atom. The molecule has 0 spiro atoms. The molecular weight excluding hydrogens is 250 g/mol. The summed E-state index contributed by atoms with van der Waals surface area (Å²) in [6.07, 6.45) is 1.82. The lowest BCUT2D eigenvalue weighted by Crippen LogP contribution is -2.22. The molecule has 0 atom stereocenters. The predicted molar refractivity (Wildman–Crippen MR) is 72.2 cm³/mol. The van der Waals surface area contributed by atoms with Gasteiger partial charge in [0.2, 0.25) is 0 Å². The zero-order chi connectivity index (χ0) is 13.0. The third-order valence-electron chi connectivity index (χ3n) is 2.30. The summed E-state index contributed by atoms with van der Waals surface area (Å²) in [4.78, 5) is 0. The maximum Gasteiger partial charge on any atom is 0.256 e. The smallest absolute Gasteiger partial charge is 0.256 e. The van der Waals surface area contributed by atoms with Crippen LogP contribution in [0.5, 0.6) is 0 Å². The Morgan fingerprint density at radius 3 is 2.83 bits per heavy atom. The molecule has 18 heavy (non-hydrogen) atoms. The van der Waals surface area contributed by atoms with E-state index in [0.29, 0.717) is 17.4 Å². The van der Waals surface area contributed by atoms with E-state index in [0.717, 1.165) is 11.4 Å². The lowest BCUT2D eigenvalue weighted by molar-refractivity contribution is 0.392. The molecule has 2 rings (SSSR count). The molecule has 0 fully saturated rings. The molecule has 7 heteroatoms. The van der Waals surface area contributed by atoms with E-state index in [4.69, 9.17) is 22.7 Å². The second-order valence-corrected chi connectivity index (χ2v) is 3.96. The van der Waals surface area contributed by atoms with Gasteiger partial charge in [-0.15, -0.1) is 5.10 Å². The maximum atomic E-state index is 5.62. The van der Waals surface area contributed by atoms with Gasteiger partial charge < -0.3 is 15.8 Å². The van der Waals surface area contributed by atoms with Crippen LogP contribution in [-0.2, 0) is 11.3 Å². The Balaban J connectivity index is 2.06. The molecule has 3 N–H and O–H groups in total. The Morgan fingerprint density at radius 1 is 1.44 bits per heavy atom. The molecule has 1 aromatic heterocycles. The number of thiocarbonyl (C=S) groups is 1. The van der Waals surface area contributed by atoms with Crippen molar-refractivity contribution in [1.29, 1.82) is 0 Å². The largest absolute Gasteiger partial charge is 0.474 e. The van der Waals surface area contributed by atoms with Gasteiger partial charge in [-0.1, -0.05) is 5.21 Å². The fraction of sp³-hybridized carbons (Fsp3) is 0.182. The second-order valence-electron chi connectivity index (χ2n) is 3.59. The van der Waals surface area contributed by atoms with Crippen molar-refractivity contribution in [1.82, 2.24) is 20.3 Å². The second kappa shape index (κ2) is 5.46. The predicted octanol–water partition coefficient (Wildman–Crippen LogP) is 0.870. The van der Waals surface area contributed by atoms with Crippen molar-refractivity contribution >= 4 is 23.1 Å².